The fraction of sp³-hybridized carbons (Fsp3) is 0.304. The Morgan fingerprint density at radius 1 is 1.07 bits per heavy atom. The van der Waals surface area contributed by atoms with Crippen LogP contribution in [0.2, 0.25) is 10.0 Å². The number of rotatable bonds is 5. The average Bonchev–Trinajstić information content (AvgIpc) is 2.76. The monoisotopic (exact) mass is 444 g/mol. The van der Waals surface area contributed by atoms with E-state index in [1.165, 1.54) is 18.6 Å². The maximum absolute atomic E-state index is 12.8. The van der Waals surface area contributed by atoms with Crippen LogP contribution < -0.4 is 10.7 Å². The Kier molecular flexibility index (Phi) is 6.42. The van der Waals surface area contributed by atoms with Gasteiger partial charge in [-0.1, -0.05) is 47.8 Å². The van der Waals surface area contributed by atoms with Crippen LogP contribution in [0, 0.1) is 0 Å². The van der Waals surface area contributed by atoms with Crippen molar-refractivity contribution in [1.82, 2.24) is 10.2 Å². The van der Waals surface area contributed by atoms with Crippen LogP contribution in [0.5, 0.6) is 0 Å². The van der Waals surface area contributed by atoms with Gasteiger partial charge in [-0.2, -0.15) is 0 Å². The average molecular weight is 445 g/mol. The summed E-state index contributed by atoms with van der Waals surface area (Å²) in [5.74, 6) is -0.454. The maximum Gasteiger partial charge on any atom is 0.287 e. The summed E-state index contributed by atoms with van der Waals surface area (Å²) >= 11 is 12.4. The van der Waals surface area contributed by atoms with Crippen LogP contribution in [0.1, 0.15) is 41.4 Å². The van der Waals surface area contributed by atoms with Gasteiger partial charge in [0.25, 0.3) is 5.91 Å². The van der Waals surface area contributed by atoms with E-state index in [1.54, 1.807) is 12.1 Å². The number of hydrogen-bond acceptors (Lipinski definition) is 4. The third-order valence-corrected chi connectivity index (χ3v) is 6.04. The second-order valence-corrected chi connectivity index (χ2v) is 8.30. The van der Waals surface area contributed by atoms with E-state index in [-0.39, 0.29) is 17.2 Å². The number of nitrogens with one attached hydrogen (secondary N) is 1. The Morgan fingerprint density at radius 3 is 2.60 bits per heavy atom. The van der Waals surface area contributed by atoms with Crippen LogP contribution in [0.15, 0.2) is 57.7 Å². The minimum absolute atomic E-state index is 0.0219. The molecule has 2 aromatic carbocycles. The van der Waals surface area contributed by atoms with Gasteiger partial charge >= 0.3 is 0 Å². The molecule has 30 heavy (non-hydrogen) atoms. The summed E-state index contributed by atoms with van der Waals surface area (Å²) in [6, 6.07) is 13.6. The zero-order valence-electron chi connectivity index (χ0n) is 16.4. The zero-order valence-corrected chi connectivity index (χ0v) is 17.9. The minimum atomic E-state index is -0.432. The van der Waals surface area contributed by atoms with Crippen molar-refractivity contribution in [2.45, 2.75) is 25.3 Å². The van der Waals surface area contributed by atoms with E-state index < -0.39 is 5.91 Å². The molecule has 156 valence electrons. The normalized spacial score (nSPS) is 15.8. The molecule has 1 N–H and O–H groups in total. The Labute approximate surface area is 184 Å². The molecule has 1 aliphatic heterocycles. The molecule has 1 fully saturated rings. The van der Waals surface area contributed by atoms with Gasteiger partial charge in [0, 0.05) is 22.7 Å². The highest BCUT2D eigenvalue weighted by Gasteiger charge is 2.25. The summed E-state index contributed by atoms with van der Waals surface area (Å²) in [7, 11) is 0. The first-order chi connectivity index (χ1) is 14.5. The number of carbonyl (C=O) groups is 1. The number of fused-ring (bicyclic) bond motifs is 1. The number of amides is 1. The van der Waals surface area contributed by atoms with E-state index >= 15 is 0 Å². The van der Waals surface area contributed by atoms with E-state index in [1.807, 2.05) is 24.3 Å². The van der Waals surface area contributed by atoms with Crippen molar-refractivity contribution < 1.29 is 9.21 Å². The van der Waals surface area contributed by atoms with Gasteiger partial charge in [0.15, 0.2) is 11.2 Å². The first kappa shape index (κ1) is 20.9. The van der Waals surface area contributed by atoms with Crippen molar-refractivity contribution in [2.75, 3.05) is 19.6 Å². The second-order valence-electron chi connectivity index (χ2n) is 7.46. The third kappa shape index (κ3) is 4.53. The lowest BCUT2D eigenvalue weighted by Gasteiger charge is -2.35. The molecular formula is C23H22Cl2N2O3. The Bertz CT molecular complexity index is 1120. The Hall–Kier alpha value is -2.34. The summed E-state index contributed by atoms with van der Waals surface area (Å²) in [4.78, 5) is 27.5. The molecule has 7 heteroatoms. The predicted molar refractivity (Wildman–Crippen MR) is 119 cm³/mol. The predicted octanol–water partition coefficient (Wildman–Crippen LogP) is 5.06. The molecule has 1 atom stereocenters. The van der Waals surface area contributed by atoms with Gasteiger partial charge in [0.1, 0.15) is 5.58 Å². The summed E-state index contributed by atoms with van der Waals surface area (Å²) in [5.41, 5.74) is 1.01. The molecule has 3 aromatic rings. The smallest absolute Gasteiger partial charge is 0.287 e. The van der Waals surface area contributed by atoms with Gasteiger partial charge in [0.2, 0.25) is 0 Å². The number of carbonyl (C=O) groups excluding carboxylic acids is 1. The maximum atomic E-state index is 12.8. The Morgan fingerprint density at radius 2 is 1.83 bits per heavy atom. The summed E-state index contributed by atoms with van der Waals surface area (Å²) < 4.78 is 5.66. The lowest BCUT2D eigenvalue weighted by Crippen LogP contribution is -2.40. The topological polar surface area (TPSA) is 62.6 Å². The van der Waals surface area contributed by atoms with Crippen molar-refractivity contribution in [3.05, 3.63) is 80.1 Å². The second kappa shape index (κ2) is 9.21. The largest absolute Gasteiger partial charge is 0.451 e. The van der Waals surface area contributed by atoms with Gasteiger partial charge in [-0.05, 0) is 55.8 Å². The molecule has 0 aliphatic carbocycles. The highest BCUT2D eigenvalue weighted by molar-refractivity contribution is 6.31. The van der Waals surface area contributed by atoms with Crippen LogP contribution >= 0.6 is 23.2 Å². The number of nitrogens with zero attached hydrogens (tertiary/aromatic N) is 1. The number of piperidine rings is 1. The molecule has 0 spiro atoms. The van der Waals surface area contributed by atoms with E-state index in [9.17, 15) is 9.59 Å². The molecule has 1 aromatic heterocycles. The lowest BCUT2D eigenvalue weighted by molar-refractivity contribution is 0.0897. The number of likely N-dealkylation sites (tertiary alicyclic amines) is 1. The van der Waals surface area contributed by atoms with Crippen molar-refractivity contribution in [2.24, 2.45) is 0 Å². The minimum Gasteiger partial charge on any atom is -0.451 e. The highest BCUT2D eigenvalue weighted by Crippen LogP contribution is 2.29. The molecule has 1 amide bonds. The van der Waals surface area contributed by atoms with Gasteiger partial charge in [-0.15, -0.1) is 0 Å². The first-order valence-electron chi connectivity index (χ1n) is 10.0. The summed E-state index contributed by atoms with van der Waals surface area (Å²) in [6.07, 6.45) is 3.46. The van der Waals surface area contributed by atoms with Crippen LogP contribution in [-0.4, -0.2) is 30.4 Å². The van der Waals surface area contributed by atoms with Gasteiger partial charge in [0.05, 0.1) is 11.4 Å². The molecule has 1 saturated heterocycles. The lowest BCUT2D eigenvalue weighted by atomic mass is 10.0. The van der Waals surface area contributed by atoms with Gasteiger partial charge < -0.3 is 9.73 Å². The fourth-order valence-electron chi connectivity index (χ4n) is 3.93. The van der Waals surface area contributed by atoms with Crippen molar-refractivity contribution in [3.63, 3.8) is 0 Å². The third-order valence-electron chi connectivity index (χ3n) is 5.46. The van der Waals surface area contributed by atoms with Gasteiger partial charge in [-0.3, -0.25) is 14.5 Å². The van der Waals surface area contributed by atoms with Gasteiger partial charge in [-0.25, -0.2) is 0 Å². The summed E-state index contributed by atoms with van der Waals surface area (Å²) in [6.45, 7) is 2.28. The molecule has 0 bridgehead atoms. The van der Waals surface area contributed by atoms with Crippen LogP contribution in [0.25, 0.3) is 11.0 Å². The number of benzene rings is 2. The zero-order chi connectivity index (χ0) is 21.1. The van der Waals surface area contributed by atoms with Crippen molar-refractivity contribution in [3.8, 4) is 0 Å². The molecule has 0 unspecified atom stereocenters. The number of hydrogen-bond donors (Lipinski definition) is 1. The Balaban J connectivity index is 1.56. The fourth-order valence-corrected chi connectivity index (χ4v) is 4.36. The van der Waals surface area contributed by atoms with E-state index in [0.717, 1.165) is 31.5 Å². The summed E-state index contributed by atoms with van der Waals surface area (Å²) in [5, 5.41) is 4.39. The highest BCUT2D eigenvalue weighted by atomic mass is 35.5. The van der Waals surface area contributed by atoms with Crippen LogP contribution in [0.4, 0.5) is 0 Å². The van der Waals surface area contributed by atoms with Crippen molar-refractivity contribution in [1.29, 1.82) is 0 Å². The molecule has 2 heterocycles. The SMILES string of the molecule is O=C(NC[C@H](c1ccccc1Cl)N1CCCCC1)c1cc(=O)c2cc(Cl)ccc2o1. The molecule has 0 saturated carbocycles. The molecule has 5 nitrogen and oxygen atoms in total. The molecule has 4 rings (SSSR count). The quantitative estimate of drug-likeness (QED) is 0.597. The number of halogens is 2. The van der Waals surface area contributed by atoms with Crippen LogP contribution in [-0.2, 0) is 0 Å². The molecular weight excluding hydrogens is 423 g/mol. The van der Waals surface area contributed by atoms with E-state index in [0.29, 0.717) is 27.6 Å². The van der Waals surface area contributed by atoms with Crippen LogP contribution in [0.3, 0.4) is 0 Å². The molecule has 0 radical (unpaired) electrons. The standard InChI is InChI=1S/C23H22Cl2N2O3/c24-15-8-9-21-17(12-15)20(28)13-22(30-21)23(29)26-14-19(27-10-4-1-5-11-27)16-6-2-3-7-18(16)25/h2-3,6-9,12-13,19H,1,4-5,10-11,14H2,(H,26,29)/t19-/m1/s1. The van der Waals surface area contributed by atoms with E-state index in [2.05, 4.69) is 10.2 Å². The van der Waals surface area contributed by atoms with E-state index in [4.69, 9.17) is 27.6 Å². The first-order valence-corrected chi connectivity index (χ1v) is 10.8. The molecule has 1 aliphatic rings. The van der Waals surface area contributed by atoms with Crippen molar-refractivity contribution >= 4 is 40.1 Å².